The van der Waals surface area contributed by atoms with Crippen molar-refractivity contribution >= 4 is 0 Å². The van der Waals surface area contributed by atoms with E-state index in [1.807, 2.05) is 19.1 Å². The number of aliphatic hydroxyl groups excluding tert-OH is 1. The van der Waals surface area contributed by atoms with E-state index in [-0.39, 0.29) is 5.92 Å². The van der Waals surface area contributed by atoms with Crippen LogP contribution in [0.1, 0.15) is 13.3 Å². The topological polar surface area (TPSA) is 46.2 Å². The van der Waals surface area contributed by atoms with Crippen LogP contribution in [0.4, 0.5) is 0 Å². The zero-order valence-electron chi connectivity index (χ0n) is 6.12. The van der Waals surface area contributed by atoms with Crippen LogP contribution in [0, 0.1) is 5.92 Å². The van der Waals surface area contributed by atoms with E-state index >= 15 is 0 Å². The molecule has 0 spiro atoms. The Labute approximate surface area is 61.0 Å². The second-order valence-corrected chi connectivity index (χ2v) is 2.70. The van der Waals surface area contributed by atoms with E-state index in [2.05, 4.69) is 6.08 Å². The quantitative estimate of drug-likeness (QED) is 0.527. The molecule has 0 aromatic heterocycles. The van der Waals surface area contributed by atoms with Gasteiger partial charge in [-0.25, -0.2) is 0 Å². The molecule has 1 aliphatic carbocycles. The van der Waals surface area contributed by atoms with Crippen molar-refractivity contribution in [2.45, 2.75) is 19.6 Å². The van der Waals surface area contributed by atoms with Gasteiger partial charge >= 0.3 is 0 Å². The first kappa shape index (κ1) is 7.51. The largest absolute Gasteiger partial charge is 0.378 e. The van der Waals surface area contributed by atoms with E-state index in [4.69, 9.17) is 10.8 Å². The zero-order valence-corrected chi connectivity index (χ0v) is 6.12. The summed E-state index contributed by atoms with van der Waals surface area (Å²) in [6, 6.07) is 0. The fourth-order valence-electron chi connectivity index (χ4n) is 0.997. The highest BCUT2D eigenvalue weighted by Crippen LogP contribution is 2.16. The molecule has 3 N–H and O–H groups in total. The van der Waals surface area contributed by atoms with Crippen LogP contribution in [0.3, 0.4) is 0 Å². The van der Waals surface area contributed by atoms with Gasteiger partial charge in [-0.15, -0.1) is 0 Å². The lowest BCUT2D eigenvalue weighted by atomic mass is 9.96. The van der Waals surface area contributed by atoms with Gasteiger partial charge in [-0.05, 0) is 13.3 Å². The summed E-state index contributed by atoms with van der Waals surface area (Å²) in [5.41, 5.74) is 6.53. The molecule has 0 saturated carbocycles. The van der Waals surface area contributed by atoms with Gasteiger partial charge in [0.2, 0.25) is 0 Å². The fraction of sp³-hybridized carbons (Fsp3) is 0.500. The highest BCUT2D eigenvalue weighted by Gasteiger charge is 2.12. The van der Waals surface area contributed by atoms with Crippen LogP contribution in [-0.4, -0.2) is 11.3 Å². The van der Waals surface area contributed by atoms with Crippen molar-refractivity contribution in [3.63, 3.8) is 0 Å². The van der Waals surface area contributed by atoms with Gasteiger partial charge in [0.05, 0.1) is 0 Å². The molecule has 2 unspecified atom stereocenters. The van der Waals surface area contributed by atoms with Gasteiger partial charge in [-0.3, -0.25) is 0 Å². The first-order chi connectivity index (χ1) is 4.70. The van der Waals surface area contributed by atoms with Crippen LogP contribution >= 0.6 is 0 Å². The number of hydrogen-bond donors (Lipinski definition) is 2. The molecule has 2 atom stereocenters. The Balaban J connectivity index is 2.52. The van der Waals surface area contributed by atoms with Crippen LogP contribution in [-0.2, 0) is 0 Å². The number of aliphatic hydroxyl groups is 1. The molecule has 1 rings (SSSR count). The maximum absolute atomic E-state index is 8.96. The molecule has 0 aliphatic heterocycles. The number of nitrogens with two attached hydrogens (primary N) is 1. The molecule has 0 bridgehead atoms. The van der Waals surface area contributed by atoms with E-state index in [0.717, 1.165) is 6.42 Å². The summed E-state index contributed by atoms with van der Waals surface area (Å²) < 4.78 is 0. The van der Waals surface area contributed by atoms with Gasteiger partial charge < -0.3 is 10.8 Å². The summed E-state index contributed by atoms with van der Waals surface area (Å²) in [6.45, 7) is 2.04. The van der Waals surface area contributed by atoms with E-state index in [1.54, 1.807) is 0 Å². The smallest absolute Gasteiger partial charge is 0.109 e. The Bertz CT molecular complexity index is 170. The molecule has 2 heteroatoms. The van der Waals surface area contributed by atoms with Crippen LogP contribution in [0.5, 0.6) is 0 Å². The van der Waals surface area contributed by atoms with E-state index < -0.39 is 6.23 Å². The van der Waals surface area contributed by atoms with Crippen LogP contribution < -0.4 is 5.73 Å². The molecular weight excluding hydrogens is 126 g/mol. The first-order valence-electron chi connectivity index (χ1n) is 3.49. The molecule has 0 radical (unpaired) electrons. The van der Waals surface area contributed by atoms with Crippen molar-refractivity contribution in [2.24, 2.45) is 11.7 Å². The lowest BCUT2D eigenvalue weighted by Gasteiger charge is -2.16. The molecule has 0 aromatic rings. The number of rotatable bonds is 1. The fourth-order valence-corrected chi connectivity index (χ4v) is 0.997. The van der Waals surface area contributed by atoms with E-state index in [1.165, 1.54) is 5.57 Å². The van der Waals surface area contributed by atoms with Crippen molar-refractivity contribution in [2.75, 3.05) is 0 Å². The molecule has 0 fully saturated rings. The summed E-state index contributed by atoms with van der Waals surface area (Å²) in [5.74, 6) is 0.115. The summed E-state index contributed by atoms with van der Waals surface area (Å²) in [5, 5.41) is 8.96. The molecule has 2 nitrogen and oxygen atoms in total. The van der Waals surface area contributed by atoms with Gasteiger partial charge in [0.15, 0.2) is 0 Å². The van der Waals surface area contributed by atoms with Crippen LogP contribution in [0.15, 0.2) is 23.8 Å². The summed E-state index contributed by atoms with van der Waals surface area (Å²) in [6.07, 6.45) is 6.19. The van der Waals surface area contributed by atoms with Crippen molar-refractivity contribution < 1.29 is 5.11 Å². The van der Waals surface area contributed by atoms with Gasteiger partial charge in [-0.1, -0.05) is 23.8 Å². The van der Waals surface area contributed by atoms with Gasteiger partial charge in [0.25, 0.3) is 0 Å². The Kier molecular flexibility index (Phi) is 2.25. The van der Waals surface area contributed by atoms with Gasteiger partial charge in [0.1, 0.15) is 6.23 Å². The Morgan fingerprint density at radius 1 is 1.80 bits per heavy atom. The molecule has 0 saturated heterocycles. The third kappa shape index (κ3) is 1.69. The third-order valence-electron chi connectivity index (χ3n) is 1.76. The van der Waals surface area contributed by atoms with Crippen molar-refractivity contribution in [3.05, 3.63) is 23.8 Å². The lowest BCUT2D eigenvalue weighted by Crippen LogP contribution is -2.28. The average Bonchev–Trinajstić information content (AvgIpc) is 1.88. The van der Waals surface area contributed by atoms with E-state index in [9.17, 15) is 0 Å². The zero-order chi connectivity index (χ0) is 7.56. The van der Waals surface area contributed by atoms with Crippen molar-refractivity contribution in [3.8, 4) is 0 Å². The Morgan fingerprint density at radius 2 is 2.50 bits per heavy atom. The predicted molar refractivity (Wildman–Crippen MR) is 41.2 cm³/mol. The number of hydrogen-bond acceptors (Lipinski definition) is 2. The maximum atomic E-state index is 8.96. The minimum Gasteiger partial charge on any atom is -0.378 e. The lowest BCUT2D eigenvalue weighted by molar-refractivity contribution is 0.137. The second kappa shape index (κ2) is 2.99. The van der Waals surface area contributed by atoms with Gasteiger partial charge in [0, 0.05) is 5.92 Å². The predicted octanol–water partition coefficient (Wildman–Crippen LogP) is 0.786. The summed E-state index contributed by atoms with van der Waals surface area (Å²) in [7, 11) is 0. The van der Waals surface area contributed by atoms with Gasteiger partial charge in [-0.2, -0.15) is 0 Å². The SMILES string of the molecule is CC1=CCC(C(N)O)C=C1. The highest BCUT2D eigenvalue weighted by atomic mass is 16.3. The summed E-state index contributed by atoms with van der Waals surface area (Å²) >= 11 is 0. The maximum Gasteiger partial charge on any atom is 0.109 e. The minimum absolute atomic E-state index is 0.115. The summed E-state index contributed by atoms with van der Waals surface area (Å²) in [4.78, 5) is 0. The van der Waals surface area contributed by atoms with Crippen LogP contribution in [0.25, 0.3) is 0 Å². The Hall–Kier alpha value is -0.600. The molecule has 0 amide bonds. The molecule has 56 valence electrons. The van der Waals surface area contributed by atoms with Crippen LogP contribution in [0.2, 0.25) is 0 Å². The highest BCUT2D eigenvalue weighted by molar-refractivity contribution is 5.21. The van der Waals surface area contributed by atoms with Crippen molar-refractivity contribution in [1.29, 1.82) is 0 Å². The molecule has 1 aliphatic rings. The first-order valence-corrected chi connectivity index (χ1v) is 3.49. The third-order valence-corrected chi connectivity index (χ3v) is 1.76. The van der Waals surface area contributed by atoms with Crippen molar-refractivity contribution in [1.82, 2.24) is 0 Å². The minimum atomic E-state index is -0.708. The molecule has 10 heavy (non-hydrogen) atoms. The Morgan fingerprint density at radius 3 is 2.90 bits per heavy atom. The monoisotopic (exact) mass is 139 g/mol. The standard InChI is InChI=1S/C8H13NO/c1-6-2-4-7(5-3-6)8(9)10/h2-4,7-8,10H,5,9H2,1H3. The second-order valence-electron chi connectivity index (χ2n) is 2.70. The molecule has 0 aromatic carbocycles. The average molecular weight is 139 g/mol. The molecule has 0 heterocycles. The number of allylic oxidation sites excluding steroid dienone is 3. The molecular formula is C8H13NO. The van der Waals surface area contributed by atoms with E-state index in [0.29, 0.717) is 0 Å². The normalized spacial score (nSPS) is 27.9.